The summed E-state index contributed by atoms with van der Waals surface area (Å²) in [5.74, 6) is -15.5. The number of rotatable bonds is 30. The van der Waals surface area contributed by atoms with E-state index in [1.54, 1.807) is 0 Å². The maximum absolute atomic E-state index is 14.2. The molecule has 4 heterocycles. The first-order valence-electron chi connectivity index (χ1n) is 31.3. The fourth-order valence-electron chi connectivity index (χ4n) is 11.6. The summed E-state index contributed by atoms with van der Waals surface area (Å²) >= 11 is 0.559. The van der Waals surface area contributed by atoms with Crippen LogP contribution in [-0.4, -0.2) is 221 Å². The molecule has 5 amide bonds. The van der Waals surface area contributed by atoms with E-state index in [4.69, 9.17) is 31.4 Å². The van der Waals surface area contributed by atoms with Gasteiger partial charge in [0.2, 0.25) is 41.2 Å². The van der Waals surface area contributed by atoms with Crippen LogP contribution in [0.5, 0.6) is 29.0 Å². The van der Waals surface area contributed by atoms with Crippen molar-refractivity contribution >= 4 is 99.3 Å². The molecule has 0 bridgehead atoms. The smallest absolute Gasteiger partial charge is 0.327 e. The molecular weight excluding hydrogens is 1380 g/mol. The van der Waals surface area contributed by atoms with E-state index < -0.39 is 229 Å². The molecule has 2 aliphatic carbocycles. The third-order valence-corrected chi connectivity index (χ3v) is 18.1. The normalized spacial score (nSPS) is 19.6. The number of nitrogen functional groups attached to an aromatic ring is 1. The molecule has 548 valence electrons. The number of amides is 5. The Hall–Kier alpha value is -11.4. The maximum atomic E-state index is 14.2. The topological polar surface area (TPSA) is 640 Å². The number of nitrogens with one attached hydrogen (secondary N) is 7. The number of phenolic OH excluding ortho intramolecular Hbond substituents is 2. The second-order valence-electron chi connectivity index (χ2n) is 24.0. The number of benzene rings is 3. The lowest BCUT2D eigenvalue weighted by atomic mass is 9.71. The summed E-state index contributed by atoms with van der Waals surface area (Å²) in [6, 6.07) is 2.92. The van der Waals surface area contributed by atoms with E-state index in [1.165, 1.54) is 62.7 Å². The Kier molecular flexibility index (Phi) is 23.6. The van der Waals surface area contributed by atoms with Crippen molar-refractivity contribution in [2.24, 2.45) is 16.6 Å². The summed E-state index contributed by atoms with van der Waals surface area (Å²) in [6.07, 6.45) is -7.62. The molecule has 103 heavy (non-hydrogen) atoms. The lowest BCUT2D eigenvalue weighted by Crippen LogP contribution is -2.57. The third-order valence-electron chi connectivity index (χ3n) is 17.0. The van der Waals surface area contributed by atoms with Crippen LogP contribution in [0.4, 0.5) is 11.6 Å². The fraction of sp³-hybridized carbons (Fsp3) is 0.381. The number of ether oxygens (including phenoxy) is 3. The van der Waals surface area contributed by atoms with Gasteiger partial charge in [0, 0.05) is 91.0 Å². The molecule has 0 radical (unpaired) electrons. The number of hydrazone groups is 1. The van der Waals surface area contributed by atoms with Gasteiger partial charge in [-0.25, -0.2) is 25.0 Å². The van der Waals surface area contributed by atoms with Gasteiger partial charge in [0.15, 0.2) is 29.1 Å². The molecular formula is C63H71N15O24S. The summed E-state index contributed by atoms with van der Waals surface area (Å²) in [5.41, 5.74) is 15.0. The zero-order valence-corrected chi connectivity index (χ0v) is 55.3. The zero-order valence-electron chi connectivity index (χ0n) is 54.4. The van der Waals surface area contributed by atoms with Crippen LogP contribution in [0.1, 0.15) is 111 Å². The first kappa shape index (κ1) is 75.8. The van der Waals surface area contributed by atoms with Gasteiger partial charge in [0.1, 0.15) is 47.0 Å². The number of hydrogen-bond donors (Lipinski definition) is 20. The number of carbonyl (C=O) groups is 10. The SMILES string of the molecule is COc1cccc2c1C(=O)c1c(O)c3c(c(O)c1C2=O)C[C@@](O)(C(CO)=NNC(=O)CCn1c(O)cc(SC[C@H](NC(=O)[C@H](CC(=O)O)NC(=O)[C@@H](N)CNC(=O)CC[C@@H](NC(=O)c2ccc(NCc4cnc5nc(N)[nH]c(=O)c5n4)cc2)C(=O)O)C(=O)O)c1O)C[C@@H]3O[C@H]1C[C@@H](N)[C@H](O)C(C)O1. The quantitative estimate of drug-likeness (QED) is 0.00933. The molecule has 9 rings (SSSR count). The van der Waals surface area contributed by atoms with Crippen molar-refractivity contribution in [1.82, 2.24) is 51.2 Å². The number of carboxylic acids is 3. The lowest BCUT2D eigenvalue weighted by Gasteiger charge is -2.43. The number of nitrogens with zero attached hydrogens (tertiary/aromatic N) is 5. The first-order chi connectivity index (χ1) is 48.8. The van der Waals surface area contributed by atoms with Crippen molar-refractivity contribution in [1.29, 1.82) is 0 Å². The molecule has 0 saturated carbocycles. The van der Waals surface area contributed by atoms with Gasteiger partial charge >= 0.3 is 17.9 Å². The number of hydrogen-bond acceptors (Lipinski definition) is 30. The van der Waals surface area contributed by atoms with Gasteiger partial charge in [-0.15, -0.1) is 11.8 Å². The lowest BCUT2D eigenvalue weighted by molar-refractivity contribution is -0.245. The van der Waals surface area contributed by atoms with Gasteiger partial charge in [0.25, 0.3) is 11.5 Å². The number of aliphatic carboxylic acids is 3. The van der Waals surface area contributed by atoms with E-state index >= 15 is 0 Å². The van der Waals surface area contributed by atoms with Gasteiger partial charge in [-0.05, 0) is 43.7 Å². The van der Waals surface area contributed by atoms with Crippen molar-refractivity contribution in [3.63, 3.8) is 0 Å². The number of fused-ring (bicyclic) bond motifs is 4. The minimum atomic E-state index is -2.40. The number of methoxy groups -OCH3 is 1. The Bertz CT molecular complexity index is 4440. The molecule has 6 aromatic rings. The summed E-state index contributed by atoms with van der Waals surface area (Å²) in [6.45, 7) is -0.632. The van der Waals surface area contributed by atoms with Gasteiger partial charge in [0.05, 0.1) is 84.2 Å². The number of nitrogens with two attached hydrogens (primary N) is 3. The molecule has 3 aromatic carbocycles. The van der Waals surface area contributed by atoms with Crippen LogP contribution in [0.2, 0.25) is 0 Å². The van der Waals surface area contributed by atoms with Crippen LogP contribution in [0.3, 0.4) is 0 Å². The van der Waals surface area contributed by atoms with Crippen LogP contribution in [-0.2, 0) is 62.5 Å². The average Bonchev–Trinajstić information content (AvgIpc) is 0.961. The van der Waals surface area contributed by atoms with Crippen LogP contribution in [0.15, 0.2) is 69.5 Å². The molecule has 3 aliphatic rings. The van der Waals surface area contributed by atoms with Gasteiger partial charge < -0.3 is 109 Å². The highest BCUT2D eigenvalue weighted by atomic mass is 32.2. The van der Waals surface area contributed by atoms with Crippen molar-refractivity contribution < 1.29 is 113 Å². The first-order valence-corrected chi connectivity index (χ1v) is 32.3. The minimum absolute atomic E-state index is 0.00737. The fourth-order valence-corrected chi connectivity index (χ4v) is 12.6. The van der Waals surface area contributed by atoms with Crippen molar-refractivity contribution in [3.05, 3.63) is 110 Å². The van der Waals surface area contributed by atoms with Crippen molar-refractivity contribution in [2.75, 3.05) is 37.1 Å². The van der Waals surface area contributed by atoms with Crippen LogP contribution < -0.4 is 59.5 Å². The van der Waals surface area contributed by atoms with Crippen molar-refractivity contribution in [2.45, 2.75) is 130 Å². The summed E-state index contributed by atoms with van der Waals surface area (Å²) < 4.78 is 18.3. The highest BCUT2D eigenvalue weighted by molar-refractivity contribution is 7.99. The number of carboxylic acid groups (broad SMARTS) is 3. The molecule has 1 fully saturated rings. The van der Waals surface area contributed by atoms with E-state index in [0.29, 0.717) is 23.1 Å². The van der Waals surface area contributed by atoms with E-state index in [9.17, 15) is 104 Å². The highest BCUT2D eigenvalue weighted by Crippen LogP contribution is 2.53. The Morgan fingerprint density at radius 2 is 1.58 bits per heavy atom. The summed E-state index contributed by atoms with van der Waals surface area (Å²) in [5, 5.41) is 125. The molecule has 23 N–H and O–H groups in total. The molecule has 1 saturated heterocycles. The second-order valence-corrected chi connectivity index (χ2v) is 25.1. The zero-order chi connectivity index (χ0) is 75.0. The van der Waals surface area contributed by atoms with Crippen LogP contribution in [0, 0.1) is 0 Å². The van der Waals surface area contributed by atoms with E-state index in [1.807, 2.05) is 0 Å². The largest absolute Gasteiger partial charge is 0.507 e. The summed E-state index contributed by atoms with van der Waals surface area (Å²) in [4.78, 5) is 157. The van der Waals surface area contributed by atoms with Crippen LogP contribution >= 0.6 is 11.8 Å². The summed E-state index contributed by atoms with van der Waals surface area (Å²) in [7, 11) is 1.26. The number of aromatic nitrogens is 5. The molecule has 10 atom stereocenters. The molecule has 3 aromatic heterocycles. The van der Waals surface area contributed by atoms with Crippen molar-refractivity contribution in [3.8, 4) is 29.0 Å². The van der Waals surface area contributed by atoms with Gasteiger partial charge in [-0.2, -0.15) is 10.1 Å². The Morgan fingerprint density at radius 3 is 2.25 bits per heavy atom. The third kappa shape index (κ3) is 17.2. The predicted molar refractivity (Wildman–Crippen MR) is 354 cm³/mol. The minimum Gasteiger partial charge on any atom is -0.507 e. The number of aromatic amines is 1. The molecule has 0 spiro atoms. The number of aliphatic hydroxyl groups excluding tert-OH is 2. The number of anilines is 2. The number of aromatic hydroxyl groups is 4. The number of phenols is 2. The average molecular weight is 1450 g/mol. The maximum Gasteiger partial charge on any atom is 0.327 e. The second kappa shape index (κ2) is 32.1. The molecule has 40 heteroatoms. The van der Waals surface area contributed by atoms with Crippen LogP contribution in [0.25, 0.3) is 11.2 Å². The van der Waals surface area contributed by atoms with Gasteiger partial charge in [-0.1, -0.05) is 12.1 Å². The predicted octanol–water partition coefficient (Wildman–Crippen LogP) is -2.84. The van der Waals surface area contributed by atoms with E-state index in [-0.39, 0.29) is 68.5 Å². The Balaban J connectivity index is 0.763. The number of aliphatic hydroxyl groups is 3. The number of ketones is 2. The number of H-pyrrole nitrogens is 1. The van der Waals surface area contributed by atoms with Gasteiger partial charge in [-0.3, -0.25) is 52.7 Å². The number of thioether (sulfide) groups is 1. The molecule has 1 aliphatic heterocycles. The standard InChI is InChI=1S/C63H71N15O24S/c1-24-49(85)30(64)14-43(101-24)102-36-18-63(99,17-29-45(36)53(89)47-46(51(29)87)50(86)28-4-3-5-35(100-2)44(28)52(47)88)38(22-79)76-77-40(81)12-13-78-41(82)16-37(59(78)94)103-23-34(61(97)98)73-57(92)33(15-42(83)84)72-56(91)31(65)21-68-39(80)11-10-32(60(95)96)71-55(90)25-6-8-26(9-7-25)67-19-27-20-69-54-48(70-27)58(93)75-62(66)74-54/h3-9,16,20,24,30-34,36,43,49,67,79,82,85,87,89,94,99H,10-15,17-19,21-23,64-65H2,1-2H3,(H,68,80)(H,71,90)(H,72,91)(H,73,92)(H,77,81)(H,83,84)(H,95,96)(H,97,98)(H3,66,69,74,75,93)/t24?,30-,31+,32-,33+,34+,36+,43+,49-,63+/m1/s1. The van der Waals surface area contributed by atoms with E-state index in [0.717, 1.165) is 10.6 Å². The Labute approximate surface area is 584 Å². The molecule has 39 nitrogen and oxygen atoms in total. The van der Waals surface area contributed by atoms with E-state index in [2.05, 4.69) is 57.0 Å². The Morgan fingerprint density at radius 1 is 0.883 bits per heavy atom. The highest BCUT2D eigenvalue weighted by Gasteiger charge is 2.50. The monoisotopic (exact) mass is 1450 g/mol. The number of carbonyl (C=O) groups excluding carboxylic acids is 7. The molecule has 1 unspecified atom stereocenters.